The van der Waals surface area contributed by atoms with E-state index in [-0.39, 0.29) is 13.1 Å². The molecule has 0 saturated carbocycles. The summed E-state index contributed by atoms with van der Waals surface area (Å²) < 4.78 is 26.2. The Morgan fingerprint density at radius 3 is 2.42 bits per heavy atom. The van der Waals surface area contributed by atoms with Crippen molar-refractivity contribution in [3.63, 3.8) is 0 Å². The second-order valence-electron chi connectivity index (χ2n) is 4.11. The molecule has 19 heavy (non-hydrogen) atoms. The van der Waals surface area contributed by atoms with E-state index in [9.17, 15) is 8.42 Å². The average molecular weight is 277 g/mol. The zero-order valence-corrected chi connectivity index (χ0v) is 12.2. The monoisotopic (exact) mass is 277 g/mol. The fourth-order valence-electron chi connectivity index (χ4n) is 1.52. The lowest BCUT2D eigenvalue weighted by Gasteiger charge is -2.18. The Labute approximate surface area is 116 Å². The van der Waals surface area contributed by atoms with E-state index >= 15 is 0 Å². The second kappa shape index (κ2) is 7.13. The molecule has 0 aliphatic carbocycles. The lowest BCUT2D eigenvalue weighted by atomic mass is 10.2. The predicted octanol–water partition coefficient (Wildman–Crippen LogP) is 2.59. The maximum atomic E-state index is 12.4. The highest BCUT2D eigenvalue weighted by Crippen LogP contribution is 2.15. The van der Waals surface area contributed by atoms with Crippen molar-refractivity contribution in [1.29, 1.82) is 0 Å². The zero-order chi connectivity index (χ0) is 14.3. The molecule has 0 aliphatic heterocycles. The van der Waals surface area contributed by atoms with Crippen LogP contribution in [0, 0.1) is 18.8 Å². The SMILES string of the molecule is C=CCN(CC#CCC)S(=O)(=O)c1ccc(C)cc1. The van der Waals surface area contributed by atoms with E-state index in [0.717, 1.165) is 5.56 Å². The summed E-state index contributed by atoms with van der Waals surface area (Å²) in [5.41, 5.74) is 1.03. The number of nitrogens with zero attached hydrogens (tertiary/aromatic N) is 1. The van der Waals surface area contributed by atoms with Gasteiger partial charge in [-0.25, -0.2) is 8.42 Å². The summed E-state index contributed by atoms with van der Waals surface area (Å²) in [6, 6.07) is 6.81. The van der Waals surface area contributed by atoms with Crippen molar-refractivity contribution in [3.05, 3.63) is 42.5 Å². The fourth-order valence-corrected chi connectivity index (χ4v) is 2.83. The molecule has 0 radical (unpaired) electrons. The van der Waals surface area contributed by atoms with E-state index in [1.54, 1.807) is 30.3 Å². The maximum Gasteiger partial charge on any atom is 0.244 e. The van der Waals surface area contributed by atoms with Gasteiger partial charge in [-0.1, -0.05) is 36.6 Å². The molecule has 3 nitrogen and oxygen atoms in total. The number of benzene rings is 1. The number of hydrogen-bond acceptors (Lipinski definition) is 2. The van der Waals surface area contributed by atoms with Crippen LogP contribution in [0.15, 0.2) is 41.8 Å². The third-order valence-electron chi connectivity index (χ3n) is 2.55. The normalized spacial score (nSPS) is 10.9. The summed E-state index contributed by atoms with van der Waals surface area (Å²) in [5, 5.41) is 0. The summed E-state index contributed by atoms with van der Waals surface area (Å²) in [4.78, 5) is 0.290. The Hall–Kier alpha value is -1.57. The molecular formula is C15H19NO2S. The summed E-state index contributed by atoms with van der Waals surface area (Å²) in [5.74, 6) is 5.74. The molecule has 0 bridgehead atoms. The molecule has 0 aromatic heterocycles. The molecule has 0 heterocycles. The number of aryl methyl sites for hydroxylation is 1. The number of sulfonamides is 1. The van der Waals surface area contributed by atoms with E-state index in [1.807, 2.05) is 13.8 Å². The Bertz CT molecular complexity index is 577. The van der Waals surface area contributed by atoms with Crippen molar-refractivity contribution >= 4 is 10.0 Å². The molecule has 102 valence electrons. The fraction of sp³-hybridized carbons (Fsp3) is 0.333. The van der Waals surface area contributed by atoms with Crippen molar-refractivity contribution < 1.29 is 8.42 Å². The molecule has 0 fully saturated rings. The van der Waals surface area contributed by atoms with Gasteiger partial charge >= 0.3 is 0 Å². The second-order valence-corrected chi connectivity index (χ2v) is 6.04. The molecule has 0 spiro atoms. The highest BCUT2D eigenvalue weighted by atomic mass is 32.2. The summed E-state index contributed by atoms with van der Waals surface area (Å²) >= 11 is 0. The van der Waals surface area contributed by atoms with Crippen molar-refractivity contribution in [1.82, 2.24) is 4.31 Å². The number of hydrogen-bond donors (Lipinski definition) is 0. The minimum absolute atomic E-state index is 0.191. The summed E-state index contributed by atoms with van der Waals surface area (Å²) in [7, 11) is -3.50. The van der Waals surface area contributed by atoms with Crippen LogP contribution in [-0.2, 0) is 10.0 Å². The standard InChI is InChI=1S/C15H19NO2S/c1-4-6-7-13-16(12-5-2)19(17,18)15-10-8-14(3)9-11-15/h5,8-11H,2,4,12-13H2,1,3H3. The van der Waals surface area contributed by atoms with Gasteiger partial charge in [0.2, 0.25) is 10.0 Å². The minimum atomic E-state index is -3.50. The first-order valence-corrected chi connectivity index (χ1v) is 7.59. The van der Waals surface area contributed by atoms with E-state index in [2.05, 4.69) is 18.4 Å². The molecule has 4 heteroatoms. The van der Waals surface area contributed by atoms with Crippen LogP contribution in [0.3, 0.4) is 0 Å². The molecule has 0 unspecified atom stereocenters. The molecule has 1 aromatic carbocycles. The lowest BCUT2D eigenvalue weighted by Crippen LogP contribution is -2.31. The van der Waals surface area contributed by atoms with Gasteiger partial charge in [0.15, 0.2) is 0 Å². The van der Waals surface area contributed by atoms with E-state index in [0.29, 0.717) is 11.3 Å². The first kappa shape index (κ1) is 15.5. The van der Waals surface area contributed by atoms with Gasteiger partial charge in [-0.3, -0.25) is 0 Å². The first-order valence-electron chi connectivity index (χ1n) is 6.15. The molecule has 1 aromatic rings. The summed E-state index contributed by atoms with van der Waals surface area (Å²) in [6.07, 6.45) is 2.28. The van der Waals surface area contributed by atoms with Crippen LogP contribution in [0.2, 0.25) is 0 Å². The van der Waals surface area contributed by atoms with Gasteiger partial charge in [0, 0.05) is 13.0 Å². The number of rotatable bonds is 5. The van der Waals surface area contributed by atoms with Crippen molar-refractivity contribution in [2.45, 2.75) is 25.2 Å². The van der Waals surface area contributed by atoms with Crippen LogP contribution >= 0.6 is 0 Å². The Morgan fingerprint density at radius 1 is 1.26 bits per heavy atom. The van der Waals surface area contributed by atoms with E-state index in [1.165, 1.54) is 4.31 Å². The maximum absolute atomic E-state index is 12.4. The van der Waals surface area contributed by atoms with Crippen LogP contribution < -0.4 is 0 Å². The van der Waals surface area contributed by atoms with Gasteiger partial charge in [-0.2, -0.15) is 4.31 Å². The van der Waals surface area contributed by atoms with Crippen molar-refractivity contribution in [2.24, 2.45) is 0 Å². The first-order chi connectivity index (χ1) is 9.02. The third kappa shape index (κ3) is 4.23. The van der Waals surface area contributed by atoms with Gasteiger partial charge in [0.25, 0.3) is 0 Å². The van der Waals surface area contributed by atoms with Crippen LogP contribution in [0.4, 0.5) is 0 Å². The van der Waals surface area contributed by atoms with Gasteiger partial charge in [-0.15, -0.1) is 12.5 Å². The molecule has 0 atom stereocenters. The topological polar surface area (TPSA) is 37.4 Å². The van der Waals surface area contributed by atoms with Gasteiger partial charge < -0.3 is 0 Å². The van der Waals surface area contributed by atoms with E-state index in [4.69, 9.17) is 0 Å². The Balaban J connectivity index is 3.04. The predicted molar refractivity (Wildman–Crippen MR) is 78.2 cm³/mol. The largest absolute Gasteiger partial charge is 0.244 e. The van der Waals surface area contributed by atoms with Crippen LogP contribution in [0.5, 0.6) is 0 Å². The molecule has 0 aliphatic rings. The molecular weight excluding hydrogens is 258 g/mol. The van der Waals surface area contributed by atoms with Gasteiger partial charge in [0.1, 0.15) is 0 Å². The molecule has 1 rings (SSSR count). The molecule has 0 saturated heterocycles. The Morgan fingerprint density at radius 2 is 1.89 bits per heavy atom. The van der Waals surface area contributed by atoms with E-state index < -0.39 is 10.0 Å². The van der Waals surface area contributed by atoms with Crippen LogP contribution in [0.1, 0.15) is 18.9 Å². The van der Waals surface area contributed by atoms with Crippen LogP contribution in [-0.4, -0.2) is 25.8 Å². The smallest absolute Gasteiger partial charge is 0.207 e. The van der Waals surface area contributed by atoms with Crippen LogP contribution in [0.25, 0.3) is 0 Å². The van der Waals surface area contributed by atoms with Gasteiger partial charge in [-0.05, 0) is 19.1 Å². The zero-order valence-electron chi connectivity index (χ0n) is 11.4. The molecule has 0 amide bonds. The quantitative estimate of drug-likeness (QED) is 0.613. The highest BCUT2D eigenvalue weighted by Gasteiger charge is 2.22. The highest BCUT2D eigenvalue weighted by molar-refractivity contribution is 7.89. The van der Waals surface area contributed by atoms with Crippen molar-refractivity contribution in [2.75, 3.05) is 13.1 Å². The summed E-state index contributed by atoms with van der Waals surface area (Å²) in [6.45, 7) is 7.90. The molecule has 0 N–H and O–H groups in total. The average Bonchev–Trinajstić information content (AvgIpc) is 2.38. The Kier molecular flexibility index (Phi) is 5.81. The van der Waals surface area contributed by atoms with Crippen molar-refractivity contribution in [3.8, 4) is 11.8 Å². The minimum Gasteiger partial charge on any atom is -0.207 e. The van der Waals surface area contributed by atoms with Gasteiger partial charge in [0.05, 0.1) is 11.4 Å². The lowest BCUT2D eigenvalue weighted by molar-refractivity contribution is 0.478. The third-order valence-corrected chi connectivity index (χ3v) is 4.37.